The minimum Gasteiger partial charge on any atom is -0.311 e. The smallest absolute Gasteiger partial charge is 0.0302 e. The summed E-state index contributed by atoms with van der Waals surface area (Å²) in [5, 5.41) is 5.76. The first kappa shape index (κ1) is 14.0. The third-order valence-electron chi connectivity index (χ3n) is 4.11. The molecule has 1 aromatic rings. The molecule has 2 atom stereocenters. The van der Waals surface area contributed by atoms with Gasteiger partial charge in [0, 0.05) is 30.6 Å². The zero-order valence-electron chi connectivity index (χ0n) is 11.9. The van der Waals surface area contributed by atoms with Crippen LogP contribution < -0.4 is 5.32 Å². The highest BCUT2D eigenvalue weighted by Gasteiger charge is 2.21. The lowest BCUT2D eigenvalue weighted by molar-refractivity contribution is 0.130. The number of nitrogens with one attached hydrogen (secondary N) is 1. The minimum absolute atomic E-state index is 0.763. The number of nitrogens with zero attached hydrogens (tertiary/aromatic N) is 1. The largest absolute Gasteiger partial charge is 0.311 e. The summed E-state index contributed by atoms with van der Waals surface area (Å²) >= 11 is 1.86. The molecule has 1 saturated heterocycles. The van der Waals surface area contributed by atoms with E-state index in [1.165, 1.54) is 36.4 Å². The van der Waals surface area contributed by atoms with Crippen LogP contribution in [-0.4, -0.2) is 30.6 Å². The van der Waals surface area contributed by atoms with E-state index in [1.54, 1.807) is 0 Å². The van der Waals surface area contributed by atoms with E-state index >= 15 is 0 Å². The molecular weight excluding hydrogens is 240 g/mol. The summed E-state index contributed by atoms with van der Waals surface area (Å²) in [6.07, 6.45) is 2.73. The van der Waals surface area contributed by atoms with Crippen LogP contribution in [0.25, 0.3) is 0 Å². The maximum absolute atomic E-state index is 3.58. The molecule has 0 aliphatic carbocycles. The monoisotopic (exact) mass is 266 g/mol. The van der Waals surface area contributed by atoms with Crippen molar-refractivity contribution in [3.63, 3.8) is 0 Å². The fraction of sp³-hybridized carbons (Fsp3) is 0.733. The molecule has 18 heavy (non-hydrogen) atoms. The van der Waals surface area contributed by atoms with Gasteiger partial charge in [-0.25, -0.2) is 0 Å². The molecule has 2 heterocycles. The van der Waals surface area contributed by atoms with Gasteiger partial charge in [-0.05, 0) is 56.2 Å². The zero-order valence-corrected chi connectivity index (χ0v) is 12.7. The Morgan fingerprint density at radius 2 is 2.28 bits per heavy atom. The van der Waals surface area contributed by atoms with E-state index in [-0.39, 0.29) is 0 Å². The second-order valence-electron chi connectivity index (χ2n) is 5.72. The number of hydrogen-bond acceptors (Lipinski definition) is 3. The second kappa shape index (κ2) is 6.69. The Kier molecular flexibility index (Phi) is 5.22. The van der Waals surface area contributed by atoms with Crippen molar-refractivity contribution in [2.24, 2.45) is 5.92 Å². The van der Waals surface area contributed by atoms with Crippen molar-refractivity contribution in [1.29, 1.82) is 0 Å². The molecule has 1 N–H and O–H groups in total. The topological polar surface area (TPSA) is 15.3 Å². The summed E-state index contributed by atoms with van der Waals surface area (Å²) in [5.41, 5.74) is 1.42. The van der Waals surface area contributed by atoms with Gasteiger partial charge < -0.3 is 5.32 Å². The second-order valence-corrected chi connectivity index (χ2v) is 6.72. The van der Waals surface area contributed by atoms with Crippen molar-refractivity contribution in [3.8, 4) is 0 Å². The quantitative estimate of drug-likeness (QED) is 0.823. The summed E-state index contributed by atoms with van der Waals surface area (Å²) < 4.78 is 0. The maximum Gasteiger partial charge on any atom is 0.0302 e. The summed E-state index contributed by atoms with van der Waals surface area (Å²) in [6, 6.07) is 2.97. The fourth-order valence-electron chi connectivity index (χ4n) is 2.80. The molecule has 0 amide bonds. The van der Waals surface area contributed by atoms with Gasteiger partial charge in [-0.2, -0.15) is 0 Å². The lowest BCUT2D eigenvalue weighted by Gasteiger charge is -2.36. The lowest BCUT2D eigenvalue weighted by Crippen LogP contribution is -2.43. The molecule has 2 unspecified atom stereocenters. The van der Waals surface area contributed by atoms with Crippen molar-refractivity contribution >= 4 is 11.3 Å². The Bertz CT molecular complexity index is 361. The van der Waals surface area contributed by atoms with Gasteiger partial charge in [0.05, 0.1) is 0 Å². The Labute approximate surface area is 115 Å². The molecule has 0 spiro atoms. The van der Waals surface area contributed by atoms with Gasteiger partial charge in [0.15, 0.2) is 0 Å². The SMILES string of the molecule is Cc1ccsc1CNCCN1CCC(C)CC1C. The molecule has 102 valence electrons. The van der Waals surface area contributed by atoms with Crippen LogP contribution >= 0.6 is 11.3 Å². The normalized spacial score (nSPS) is 25.5. The third kappa shape index (κ3) is 3.81. The highest BCUT2D eigenvalue weighted by molar-refractivity contribution is 7.10. The van der Waals surface area contributed by atoms with E-state index in [1.807, 2.05) is 11.3 Å². The molecule has 0 radical (unpaired) electrons. The van der Waals surface area contributed by atoms with E-state index in [4.69, 9.17) is 0 Å². The van der Waals surface area contributed by atoms with E-state index in [0.717, 1.165) is 25.0 Å². The standard InChI is InChI=1S/C15H26N2S/c1-12-4-7-17(14(3)10-12)8-6-16-11-15-13(2)5-9-18-15/h5,9,12,14,16H,4,6-8,10-11H2,1-3H3. The molecule has 2 nitrogen and oxygen atoms in total. The minimum atomic E-state index is 0.763. The fourth-order valence-corrected chi connectivity index (χ4v) is 3.67. The highest BCUT2D eigenvalue weighted by atomic mass is 32.1. The van der Waals surface area contributed by atoms with Gasteiger partial charge >= 0.3 is 0 Å². The zero-order chi connectivity index (χ0) is 13.0. The predicted molar refractivity (Wildman–Crippen MR) is 80.2 cm³/mol. The molecule has 1 aromatic heterocycles. The lowest BCUT2D eigenvalue weighted by atomic mass is 9.93. The molecule has 1 aliphatic rings. The predicted octanol–water partition coefficient (Wildman–Crippen LogP) is 3.27. The molecular formula is C15H26N2S. The molecule has 0 bridgehead atoms. The van der Waals surface area contributed by atoms with Gasteiger partial charge in [0.25, 0.3) is 0 Å². The van der Waals surface area contributed by atoms with Crippen molar-refractivity contribution in [2.75, 3.05) is 19.6 Å². The first-order valence-corrected chi connectivity index (χ1v) is 8.02. The molecule has 1 fully saturated rings. The van der Waals surface area contributed by atoms with Gasteiger partial charge in [-0.1, -0.05) is 6.92 Å². The maximum atomic E-state index is 3.58. The van der Waals surface area contributed by atoms with Crippen LogP contribution in [0.4, 0.5) is 0 Å². The first-order chi connectivity index (χ1) is 8.66. The number of aryl methyl sites for hydroxylation is 1. The van der Waals surface area contributed by atoms with Crippen LogP contribution in [0.3, 0.4) is 0 Å². The first-order valence-electron chi connectivity index (χ1n) is 7.14. The van der Waals surface area contributed by atoms with Crippen molar-refractivity contribution < 1.29 is 0 Å². The number of piperidine rings is 1. The van der Waals surface area contributed by atoms with E-state index in [0.29, 0.717) is 0 Å². The highest BCUT2D eigenvalue weighted by Crippen LogP contribution is 2.21. The molecule has 2 rings (SSSR count). The van der Waals surface area contributed by atoms with Gasteiger partial charge in [-0.3, -0.25) is 4.90 Å². The van der Waals surface area contributed by atoms with Crippen LogP contribution in [0.5, 0.6) is 0 Å². The summed E-state index contributed by atoms with van der Waals surface area (Å²) in [5.74, 6) is 0.915. The number of rotatable bonds is 5. The van der Waals surface area contributed by atoms with Crippen molar-refractivity contribution in [3.05, 3.63) is 21.9 Å². The van der Waals surface area contributed by atoms with E-state index < -0.39 is 0 Å². The van der Waals surface area contributed by atoms with Gasteiger partial charge in [0.2, 0.25) is 0 Å². The Balaban J connectivity index is 1.65. The third-order valence-corrected chi connectivity index (χ3v) is 5.13. The van der Waals surface area contributed by atoms with Crippen molar-refractivity contribution in [1.82, 2.24) is 10.2 Å². The van der Waals surface area contributed by atoms with Crippen LogP contribution in [0.15, 0.2) is 11.4 Å². The van der Waals surface area contributed by atoms with Gasteiger partial charge in [-0.15, -0.1) is 11.3 Å². The molecule has 0 saturated carbocycles. The van der Waals surface area contributed by atoms with Crippen molar-refractivity contribution in [2.45, 2.75) is 46.2 Å². The van der Waals surface area contributed by atoms with Crippen LogP contribution in [-0.2, 0) is 6.54 Å². The summed E-state index contributed by atoms with van der Waals surface area (Å²) in [6.45, 7) is 11.6. The average molecular weight is 266 g/mol. The molecule has 0 aromatic carbocycles. The summed E-state index contributed by atoms with van der Waals surface area (Å²) in [4.78, 5) is 4.11. The molecule has 3 heteroatoms. The number of hydrogen-bond donors (Lipinski definition) is 1. The average Bonchev–Trinajstić information content (AvgIpc) is 2.73. The van der Waals surface area contributed by atoms with Crippen LogP contribution in [0.1, 0.15) is 37.1 Å². The van der Waals surface area contributed by atoms with Crippen LogP contribution in [0, 0.1) is 12.8 Å². The van der Waals surface area contributed by atoms with Gasteiger partial charge in [0.1, 0.15) is 0 Å². The number of likely N-dealkylation sites (tertiary alicyclic amines) is 1. The van der Waals surface area contributed by atoms with Crippen LogP contribution in [0.2, 0.25) is 0 Å². The number of thiophene rings is 1. The Morgan fingerprint density at radius 1 is 1.44 bits per heavy atom. The Hall–Kier alpha value is -0.380. The van der Waals surface area contributed by atoms with E-state index in [9.17, 15) is 0 Å². The summed E-state index contributed by atoms with van der Waals surface area (Å²) in [7, 11) is 0. The van der Waals surface area contributed by atoms with E-state index in [2.05, 4.69) is 42.4 Å². The molecule has 1 aliphatic heterocycles. The Morgan fingerprint density at radius 3 is 2.94 bits per heavy atom.